The molecule has 0 saturated carbocycles. The first kappa shape index (κ1) is 16.8. The number of para-hydroxylation sites is 1. The third kappa shape index (κ3) is 3.67. The number of nitrogens with zero attached hydrogens (tertiary/aromatic N) is 2. The van der Waals surface area contributed by atoms with Crippen LogP contribution in [0.2, 0.25) is 0 Å². The lowest BCUT2D eigenvalue weighted by molar-refractivity contribution is -0.122. The van der Waals surface area contributed by atoms with Gasteiger partial charge in [0.1, 0.15) is 5.75 Å². The molecule has 0 saturated heterocycles. The van der Waals surface area contributed by atoms with Gasteiger partial charge in [0.2, 0.25) is 5.91 Å². The average Bonchev–Trinajstić information content (AvgIpc) is 3.12. The van der Waals surface area contributed by atoms with Gasteiger partial charge in [0.15, 0.2) is 6.10 Å². The zero-order valence-electron chi connectivity index (χ0n) is 14.7. The number of rotatable bonds is 4. The summed E-state index contributed by atoms with van der Waals surface area (Å²) in [6.45, 7) is 1.68. The summed E-state index contributed by atoms with van der Waals surface area (Å²) in [6.07, 6.45) is 3.18. The Kier molecular flexibility index (Phi) is 4.33. The molecule has 1 aliphatic rings. The van der Waals surface area contributed by atoms with Crippen LogP contribution < -0.4 is 15.4 Å². The molecule has 0 bridgehead atoms. The third-order valence-corrected chi connectivity index (χ3v) is 4.22. The number of hydrogen-bond acceptors (Lipinski definition) is 4. The van der Waals surface area contributed by atoms with E-state index in [-0.39, 0.29) is 18.2 Å². The monoisotopic (exact) mass is 362 g/mol. The Labute approximate surface area is 156 Å². The van der Waals surface area contributed by atoms with Crippen LogP contribution in [0.15, 0.2) is 60.9 Å². The summed E-state index contributed by atoms with van der Waals surface area (Å²) in [5.74, 6) is 0.211. The van der Waals surface area contributed by atoms with E-state index in [0.29, 0.717) is 17.1 Å². The third-order valence-electron chi connectivity index (χ3n) is 4.22. The maximum Gasteiger partial charge on any atom is 0.265 e. The molecule has 1 aliphatic heterocycles. The van der Waals surface area contributed by atoms with E-state index >= 15 is 0 Å². The minimum absolute atomic E-state index is 0.168. The Hall–Kier alpha value is -3.61. The van der Waals surface area contributed by atoms with Crippen LogP contribution in [0.1, 0.15) is 12.5 Å². The molecule has 2 N–H and O–H groups in total. The predicted molar refractivity (Wildman–Crippen MR) is 101 cm³/mol. The van der Waals surface area contributed by atoms with Crippen molar-refractivity contribution in [1.82, 2.24) is 9.78 Å². The largest absolute Gasteiger partial charge is 0.479 e. The molecule has 0 spiro atoms. The Morgan fingerprint density at radius 3 is 2.89 bits per heavy atom. The van der Waals surface area contributed by atoms with E-state index in [1.165, 1.54) is 0 Å². The fourth-order valence-electron chi connectivity index (χ4n) is 2.85. The molecular weight excluding hydrogens is 344 g/mol. The van der Waals surface area contributed by atoms with E-state index in [1.54, 1.807) is 36.0 Å². The van der Waals surface area contributed by atoms with E-state index in [4.69, 9.17) is 4.74 Å². The first-order chi connectivity index (χ1) is 13.1. The number of carbonyl (C=O) groups is 2. The highest BCUT2D eigenvalue weighted by atomic mass is 16.5. The van der Waals surface area contributed by atoms with Crippen LogP contribution in [0.3, 0.4) is 0 Å². The lowest BCUT2D eigenvalue weighted by Gasteiger charge is -2.23. The van der Waals surface area contributed by atoms with Gasteiger partial charge in [-0.15, -0.1) is 0 Å². The van der Waals surface area contributed by atoms with Crippen LogP contribution in [0.5, 0.6) is 5.75 Å². The molecule has 136 valence electrons. The predicted octanol–water partition coefficient (Wildman–Crippen LogP) is 2.77. The van der Waals surface area contributed by atoms with Gasteiger partial charge in [0.05, 0.1) is 24.0 Å². The van der Waals surface area contributed by atoms with E-state index in [2.05, 4.69) is 15.7 Å². The molecule has 0 unspecified atom stereocenters. The van der Waals surface area contributed by atoms with Gasteiger partial charge >= 0.3 is 0 Å². The Morgan fingerprint density at radius 1 is 1.26 bits per heavy atom. The molecule has 3 aromatic rings. The number of fused-ring (bicyclic) bond motifs is 1. The highest BCUT2D eigenvalue weighted by Crippen LogP contribution is 2.32. The molecule has 1 atom stereocenters. The van der Waals surface area contributed by atoms with Crippen molar-refractivity contribution in [3.05, 3.63) is 66.5 Å². The number of benzene rings is 2. The number of aromatic nitrogens is 2. The summed E-state index contributed by atoms with van der Waals surface area (Å²) in [7, 11) is 0. The van der Waals surface area contributed by atoms with Gasteiger partial charge in [-0.05, 0) is 42.8 Å². The maximum absolute atomic E-state index is 12.3. The Bertz CT molecular complexity index is 997. The maximum atomic E-state index is 12.3. The second-order valence-corrected chi connectivity index (χ2v) is 6.31. The second kappa shape index (κ2) is 6.95. The molecular formula is C20H18N4O3. The first-order valence-corrected chi connectivity index (χ1v) is 8.59. The van der Waals surface area contributed by atoms with Gasteiger partial charge < -0.3 is 15.4 Å². The van der Waals surface area contributed by atoms with Crippen LogP contribution in [-0.4, -0.2) is 27.7 Å². The molecule has 27 heavy (non-hydrogen) atoms. The SMILES string of the molecule is C[C@H]1Oc2ccc(NC(=O)Cc3cnn(-c4ccccc4)c3)cc2NC1=O. The zero-order valence-corrected chi connectivity index (χ0v) is 14.7. The standard InChI is InChI=1S/C20H18N4O3/c1-13-20(26)23-17-10-15(7-8-18(17)27-13)22-19(25)9-14-11-21-24(12-14)16-5-3-2-4-6-16/h2-8,10-13H,9H2,1H3,(H,22,25)(H,23,26)/t13-/m1/s1. The molecule has 2 heterocycles. The number of amides is 2. The summed E-state index contributed by atoms with van der Waals surface area (Å²) in [6, 6.07) is 14.9. The molecule has 0 radical (unpaired) electrons. The Balaban J connectivity index is 1.42. The van der Waals surface area contributed by atoms with Gasteiger partial charge in [-0.3, -0.25) is 9.59 Å². The molecule has 2 amide bonds. The number of carbonyl (C=O) groups excluding carboxylic acids is 2. The van der Waals surface area contributed by atoms with Gasteiger partial charge in [-0.25, -0.2) is 4.68 Å². The molecule has 7 nitrogen and oxygen atoms in total. The quantitative estimate of drug-likeness (QED) is 0.747. The summed E-state index contributed by atoms with van der Waals surface area (Å²) >= 11 is 0. The van der Waals surface area contributed by atoms with Crippen molar-refractivity contribution in [2.45, 2.75) is 19.4 Å². The highest BCUT2D eigenvalue weighted by molar-refractivity contribution is 5.99. The van der Waals surface area contributed by atoms with Crippen LogP contribution in [0, 0.1) is 0 Å². The van der Waals surface area contributed by atoms with Crippen molar-refractivity contribution < 1.29 is 14.3 Å². The second-order valence-electron chi connectivity index (χ2n) is 6.31. The van der Waals surface area contributed by atoms with Gasteiger partial charge in [0, 0.05) is 11.9 Å². The minimum Gasteiger partial charge on any atom is -0.479 e. The van der Waals surface area contributed by atoms with Crippen molar-refractivity contribution in [1.29, 1.82) is 0 Å². The lowest BCUT2D eigenvalue weighted by atomic mass is 10.2. The smallest absolute Gasteiger partial charge is 0.265 e. The van der Waals surface area contributed by atoms with E-state index in [0.717, 1.165) is 11.3 Å². The van der Waals surface area contributed by atoms with Crippen molar-refractivity contribution in [2.24, 2.45) is 0 Å². The lowest BCUT2D eigenvalue weighted by Crippen LogP contribution is -2.34. The van der Waals surface area contributed by atoms with Crippen LogP contribution in [-0.2, 0) is 16.0 Å². The molecule has 4 rings (SSSR count). The highest BCUT2D eigenvalue weighted by Gasteiger charge is 2.23. The molecule has 0 aliphatic carbocycles. The molecule has 0 fully saturated rings. The molecule has 1 aromatic heterocycles. The van der Waals surface area contributed by atoms with Crippen molar-refractivity contribution >= 4 is 23.2 Å². The number of ether oxygens (including phenoxy) is 1. The molecule has 7 heteroatoms. The number of anilines is 2. The van der Waals surface area contributed by atoms with E-state index in [1.807, 2.05) is 36.5 Å². The van der Waals surface area contributed by atoms with E-state index < -0.39 is 6.10 Å². The fraction of sp³-hybridized carbons (Fsp3) is 0.150. The van der Waals surface area contributed by atoms with E-state index in [9.17, 15) is 9.59 Å². The van der Waals surface area contributed by atoms with Gasteiger partial charge in [0.25, 0.3) is 5.91 Å². The minimum atomic E-state index is -0.529. The van der Waals surface area contributed by atoms with Crippen LogP contribution in [0.25, 0.3) is 5.69 Å². The number of nitrogens with one attached hydrogen (secondary N) is 2. The van der Waals surface area contributed by atoms with Gasteiger partial charge in [-0.2, -0.15) is 5.10 Å². The summed E-state index contributed by atoms with van der Waals surface area (Å²) < 4.78 is 7.24. The number of hydrogen-bond donors (Lipinski definition) is 2. The fourth-order valence-corrected chi connectivity index (χ4v) is 2.85. The van der Waals surface area contributed by atoms with Gasteiger partial charge in [-0.1, -0.05) is 18.2 Å². The average molecular weight is 362 g/mol. The summed E-state index contributed by atoms with van der Waals surface area (Å²) in [5.41, 5.74) is 2.88. The summed E-state index contributed by atoms with van der Waals surface area (Å²) in [5, 5.41) is 9.89. The van der Waals surface area contributed by atoms with Crippen LogP contribution in [0.4, 0.5) is 11.4 Å². The normalized spacial score (nSPS) is 15.4. The van der Waals surface area contributed by atoms with Crippen LogP contribution >= 0.6 is 0 Å². The Morgan fingerprint density at radius 2 is 2.07 bits per heavy atom. The topological polar surface area (TPSA) is 85.2 Å². The first-order valence-electron chi connectivity index (χ1n) is 8.59. The van der Waals surface area contributed by atoms with Crippen molar-refractivity contribution in [2.75, 3.05) is 10.6 Å². The zero-order chi connectivity index (χ0) is 18.8. The molecule has 2 aromatic carbocycles. The van der Waals surface area contributed by atoms with Crippen molar-refractivity contribution in [3.8, 4) is 11.4 Å². The summed E-state index contributed by atoms with van der Waals surface area (Å²) in [4.78, 5) is 24.1. The van der Waals surface area contributed by atoms with Crippen molar-refractivity contribution in [3.63, 3.8) is 0 Å².